The van der Waals surface area contributed by atoms with Gasteiger partial charge in [-0.15, -0.1) is 0 Å². The maximum Gasteiger partial charge on any atom is 0.114 e. The fraction of sp³-hybridized carbons (Fsp3) is 1.00. The predicted octanol–water partition coefficient (Wildman–Crippen LogP) is 0.434. The van der Waals surface area contributed by atoms with Crippen LogP contribution in [0.4, 0.5) is 0 Å². The second-order valence-electron chi connectivity index (χ2n) is 3.49. The van der Waals surface area contributed by atoms with E-state index in [9.17, 15) is 5.11 Å². The predicted molar refractivity (Wildman–Crippen MR) is 49.8 cm³/mol. The van der Waals surface area contributed by atoms with Crippen LogP contribution in [0.1, 0.15) is 13.8 Å². The Morgan fingerprint density at radius 1 is 1.23 bits per heavy atom. The Balaban J connectivity index is 4.31. The third-order valence-corrected chi connectivity index (χ3v) is 2.15. The summed E-state index contributed by atoms with van der Waals surface area (Å²) in [4.78, 5) is 0. The molecule has 2 atom stereocenters. The van der Waals surface area contributed by atoms with E-state index in [0.717, 1.165) is 0 Å². The molecule has 0 bridgehead atoms. The Hall–Kier alpha value is -0.160. The molecule has 0 aromatic heterocycles. The Morgan fingerprint density at radius 2 is 1.77 bits per heavy atom. The molecule has 0 saturated carbocycles. The average Bonchev–Trinajstić information content (AvgIpc) is 2.05. The van der Waals surface area contributed by atoms with E-state index in [0.29, 0.717) is 0 Å². The minimum absolute atomic E-state index is 0.241. The molecule has 2 unspecified atom stereocenters. The van der Waals surface area contributed by atoms with Gasteiger partial charge < -0.3 is 19.3 Å². The molecule has 0 radical (unpaired) electrons. The zero-order valence-corrected chi connectivity index (χ0v) is 9.03. The van der Waals surface area contributed by atoms with Crippen LogP contribution < -0.4 is 0 Å². The monoisotopic (exact) mass is 192 g/mol. The SMILES string of the molecule is COCC(O)C(OC)C(C)(C)OC. The lowest BCUT2D eigenvalue weighted by molar-refractivity contribution is -0.151. The first-order valence-corrected chi connectivity index (χ1v) is 4.24. The molecular weight excluding hydrogens is 172 g/mol. The Labute approximate surface area is 79.8 Å². The number of aliphatic hydroxyl groups excluding tert-OH is 1. The molecule has 0 fully saturated rings. The summed E-state index contributed by atoms with van der Waals surface area (Å²) in [6.07, 6.45) is -1.07. The van der Waals surface area contributed by atoms with Crippen LogP contribution >= 0.6 is 0 Å². The molecule has 0 aliphatic carbocycles. The van der Waals surface area contributed by atoms with Gasteiger partial charge in [0, 0.05) is 21.3 Å². The second kappa shape index (κ2) is 5.54. The summed E-state index contributed by atoms with van der Waals surface area (Å²) < 4.78 is 15.2. The summed E-state index contributed by atoms with van der Waals surface area (Å²) >= 11 is 0. The number of ether oxygens (including phenoxy) is 3. The summed E-state index contributed by atoms with van der Waals surface area (Å²) in [5.74, 6) is 0. The van der Waals surface area contributed by atoms with Crippen LogP contribution in [0.25, 0.3) is 0 Å². The van der Waals surface area contributed by atoms with Gasteiger partial charge in [-0.2, -0.15) is 0 Å². The molecule has 0 aliphatic heterocycles. The number of hydrogen-bond acceptors (Lipinski definition) is 4. The van der Waals surface area contributed by atoms with Gasteiger partial charge in [-0.3, -0.25) is 0 Å². The third-order valence-electron chi connectivity index (χ3n) is 2.15. The molecule has 0 aromatic carbocycles. The Morgan fingerprint density at radius 3 is 2.08 bits per heavy atom. The first-order chi connectivity index (χ1) is 5.99. The van der Waals surface area contributed by atoms with E-state index in [2.05, 4.69) is 0 Å². The van der Waals surface area contributed by atoms with Gasteiger partial charge in [0.05, 0.1) is 12.2 Å². The lowest BCUT2D eigenvalue weighted by atomic mass is 9.97. The molecule has 0 saturated heterocycles. The molecule has 4 heteroatoms. The van der Waals surface area contributed by atoms with Crippen molar-refractivity contribution in [2.75, 3.05) is 27.9 Å². The Bertz CT molecular complexity index is 136. The summed E-state index contributed by atoms with van der Waals surface area (Å²) in [5, 5.41) is 9.65. The van der Waals surface area contributed by atoms with Crippen molar-refractivity contribution in [3.8, 4) is 0 Å². The van der Waals surface area contributed by atoms with Crippen molar-refractivity contribution in [2.45, 2.75) is 31.7 Å². The van der Waals surface area contributed by atoms with Crippen LogP contribution in [0.2, 0.25) is 0 Å². The molecule has 0 amide bonds. The number of rotatable bonds is 6. The van der Waals surface area contributed by atoms with E-state index < -0.39 is 17.8 Å². The quantitative estimate of drug-likeness (QED) is 0.663. The van der Waals surface area contributed by atoms with E-state index in [1.807, 2.05) is 13.8 Å². The molecule has 4 nitrogen and oxygen atoms in total. The van der Waals surface area contributed by atoms with Gasteiger partial charge in [0.1, 0.15) is 12.2 Å². The van der Waals surface area contributed by atoms with Crippen molar-refractivity contribution in [1.29, 1.82) is 0 Å². The highest BCUT2D eigenvalue weighted by Crippen LogP contribution is 2.19. The van der Waals surface area contributed by atoms with Crippen LogP contribution in [0.5, 0.6) is 0 Å². The van der Waals surface area contributed by atoms with E-state index >= 15 is 0 Å². The van der Waals surface area contributed by atoms with Gasteiger partial charge in [0.2, 0.25) is 0 Å². The normalized spacial score (nSPS) is 17.1. The summed E-state index contributed by atoms with van der Waals surface area (Å²) in [6, 6.07) is 0. The molecule has 0 rings (SSSR count). The average molecular weight is 192 g/mol. The van der Waals surface area contributed by atoms with Crippen LogP contribution in [-0.4, -0.2) is 50.9 Å². The summed E-state index contributed by atoms with van der Waals surface area (Å²) in [6.45, 7) is 3.96. The zero-order chi connectivity index (χ0) is 10.5. The van der Waals surface area contributed by atoms with Crippen LogP contribution in [0, 0.1) is 0 Å². The molecule has 0 aromatic rings. The first kappa shape index (κ1) is 12.8. The van der Waals surface area contributed by atoms with Crippen LogP contribution in [0.15, 0.2) is 0 Å². The second-order valence-corrected chi connectivity index (χ2v) is 3.49. The molecule has 1 N–H and O–H groups in total. The molecule has 0 spiro atoms. The molecule has 80 valence electrons. The highest BCUT2D eigenvalue weighted by atomic mass is 16.6. The minimum atomic E-state index is -0.676. The van der Waals surface area contributed by atoms with Crippen LogP contribution in [-0.2, 0) is 14.2 Å². The van der Waals surface area contributed by atoms with Gasteiger partial charge >= 0.3 is 0 Å². The maximum absolute atomic E-state index is 9.65. The van der Waals surface area contributed by atoms with Gasteiger partial charge in [0.15, 0.2) is 0 Å². The van der Waals surface area contributed by atoms with Crippen molar-refractivity contribution in [1.82, 2.24) is 0 Å². The summed E-state index contributed by atoms with van der Waals surface area (Å²) in [7, 11) is 4.67. The largest absolute Gasteiger partial charge is 0.388 e. The summed E-state index contributed by atoms with van der Waals surface area (Å²) in [5.41, 5.74) is -0.521. The van der Waals surface area contributed by atoms with E-state index in [-0.39, 0.29) is 6.61 Å². The van der Waals surface area contributed by atoms with Crippen LogP contribution in [0.3, 0.4) is 0 Å². The standard InChI is InChI=1S/C9H20O4/c1-9(2,13-5)8(12-4)7(10)6-11-3/h7-8,10H,6H2,1-5H3. The molecule has 13 heavy (non-hydrogen) atoms. The van der Waals surface area contributed by atoms with Gasteiger partial charge in [0.25, 0.3) is 0 Å². The lowest BCUT2D eigenvalue weighted by Crippen LogP contribution is -2.48. The van der Waals surface area contributed by atoms with Crippen molar-refractivity contribution in [2.24, 2.45) is 0 Å². The van der Waals surface area contributed by atoms with Crippen molar-refractivity contribution in [3.63, 3.8) is 0 Å². The number of aliphatic hydroxyl groups is 1. The van der Waals surface area contributed by atoms with E-state index in [1.165, 1.54) is 7.11 Å². The maximum atomic E-state index is 9.65. The minimum Gasteiger partial charge on any atom is -0.388 e. The molecular formula is C9H20O4. The number of hydrogen-bond donors (Lipinski definition) is 1. The highest BCUT2D eigenvalue weighted by molar-refractivity contribution is 4.85. The molecule has 0 heterocycles. The van der Waals surface area contributed by atoms with Gasteiger partial charge in [-0.1, -0.05) is 0 Å². The number of methoxy groups -OCH3 is 3. The van der Waals surface area contributed by atoms with Gasteiger partial charge in [-0.25, -0.2) is 0 Å². The third kappa shape index (κ3) is 3.60. The fourth-order valence-electron chi connectivity index (χ4n) is 1.28. The topological polar surface area (TPSA) is 47.9 Å². The van der Waals surface area contributed by atoms with Crippen molar-refractivity contribution in [3.05, 3.63) is 0 Å². The Kier molecular flexibility index (Phi) is 5.48. The van der Waals surface area contributed by atoms with Crippen molar-refractivity contribution >= 4 is 0 Å². The fourth-order valence-corrected chi connectivity index (χ4v) is 1.28. The zero-order valence-electron chi connectivity index (χ0n) is 9.03. The lowest BCUT2D eigenvalue weighted by Gasteiger charge is -2.34. The smallest absolute Gasteiger partial charge is 0.114 e. The highest BCUT2D eigenvalue weighted by Gasteiger charge is 2.35. The molecule has 0 aliphatic rings. The van der Waals surface area contributed by atoms with Gasteiger partial charge in [-0.05, 0) is 13.8 Å². The van der Waals surface area contributed by atoms with Crippen molar-refractivity contribution < 1.29 is 19.3 Å². The first-order valence-electron chi connectivity index (χ1n) is 4.24. The van der Waals surface area contributed by atoms with E-state index in [4.69, 9.17) is 14.2 Å². The van der Waals surface area contributed by atoms with E-state index in [1.54, 1.807) is 14.2 Å².